The minimum Gasteiger partial charge on any atom is -0.310 e. The highest BCUT2D eigenvalue weighted by Gasteiger charge is 2.16. The smallest absolute Gasteiger partial charge is 0.260 e. The number of halogens is 1. The van der Waals surface area contributed by atoms with E-state index in [1.54, 1.807) is 0 Å². The first kappa shape index (κ1) is 18.9. The first-order valence-electron chi connectivity index (χ1n) is 9.17. The Kier molecular flexibility index (Phi) is 4.86. The molecular weight excluding hydrogens is 388 g/mol. The van der Waals surface area contributed by atoms with Crippen molar-refractivity contribution >= 4 is 33.2 Å². The minimum absolute atomic E-state index is 0.0925. The second-order valence-corrected chi connectivity index (χ2v) is 9.27. The Morgan fingerprint density at radius 2 is 1.71 bits per heavy atom. The zero-order chi connectivity index (χ0) is 19.9. The lowest BCUT2D eigenvalue weighted by Gasteiger charge is -2.19. The molecule has 4 aromatic rings. The fourth-order valence-corrected chi connectivity index (χ4v) is 4.33. The standard InChI is InChI=1S/C23H21ClN2OS/c1-23(2,3)16-8-6-15(7-9-16)18-13-28-22-20(18)21(27)25-19(26-22)12-14-4-10-17(24)11-5-14/h4-11,13H,12H2,1-3H3,(H,25,26,27). The van der Waals surface area contributed by atoms with Gasteiger partial charge in [0, 0.05) is 22.4 Å². The molecule has 0 aliphatic heterocycles. The summed E-state index contributed by atoms with van der Waals surface area (Å²) in [6, 6.07) is 16.0. The molecule has 0 radical (unpaired) electrons. The third-order valence-electron chi connectivity index (χ3n) is 4.84. The summed E-state index contributed by atoms with van der Waals surface area (Å²) >= 11 is 7.45. The van der Waals surface area contributed by atoms with Crippen LogP contribution >= 0.6 is 22.9 Å². The summed E-state index contributed by atoms with van der Waals surface area (Å²) in [6.45, 7) is 6.58. The molecule has 0 saturated heterocycles. The van der Waals surface area contributed by atoms with Gasteiger partial charge in [0.15, 0.2) is 0 Å². The zero-order valence-electron chi connectivity index (χ0n) is 16.0. The molecule has 1 N–H and O–H groups in total. The van der Waals surface area contributed by atoms with Gasteiger partial charge >= 0.3 is 0 Å². The van der Waals surface area contributed by atoms with Crippen LogP contribution in [-0.4, -0.2) is 9.97 Å². The molecule has 0 spiro atoms. The van der Waals surface area contributed by atoms with E-state index in [4.69, 9.17) is 11.6 Å². The lowest BCUT2D eigenvalue weighted by atomic mass is 9.86. The van der Waals surface area contributed by atoms with E-state index in [1.807, 2.05) is 29.6 Å². The van der Waals surface area contributed by atoms with Crippen LogP contribution in [0.5, 0.6) is 0 Å². The zero-order valence-corrected chi connectivity index (χ0v) is 17.6. The Hall–Kier alpha value is -2.43. The molecule has 0 aliphatic carbocycles. The largest absolute Gasteiger partial charge is 0.310 e. The molecule has 4 rings (SSSR count). The van der Waals surface area contributed by atoms with Gasteiger partial charge in [-0.2, -0.15) is 0 Å². The van der Waals surface area contributed by atoms with Gasteiger partial charge in [-0.05, 0) is 34.2 Å². The van der Waals surface area contributed by atoms with Crippen molar-refractivity contribution in [3.8, 4) is 11.1 Å². The molecule has 142 valence electrons. The van der Waals surface area contributed by atoms with Crippen LogP contribution in [0.25, 0.3) is 21.3 Å². The van der Waals surface area contributed by atoms with E-state index >= 15 is 0 Å². The molecule has 0 fully saturated rings. The van der Waals surface area contributed by atoms with Crippen LogP contribution in [0.4, 0.5) is 0 Å². The van der Waals surface area contributed by atoms with Crippen LogP contribution in [-0.2, 0) is 11.8 Å². The molecule has 3 nitrogen and oxygen atoms in total. The van der Waals surface area contributed by atoms with Crippen molar-refractivity contribution in [1.29, 1.82) is 0 Å². The molecule has 2 aromatic carbocycles. The average molecular weight is 409 g/mol. The Morgan fingerprint density at radius 3 is 2.36 bits per heavy atom. The van der Waals surface area contributed by atoms with Crippen molar-refractivity contribution in [2.45, 2.75) is 32.6 Å². The van der Waals surface area contributed by atoms with Crippen LogP contribution < -0.4 is 5.56 Å². The van der Waals surface area contributed by atoms with Crippen LogP contribution in [0.2, 0.25) is 5.02 Å². The Morgan fingerprint density at radius 1 is 1.04 bits per heavy atom. The first-order chi connectivity index (χ1) is 13.3. The minimum atomic E-state index is -0.0925. The quantitative estimate of drug-likeness (QED) is 0.439. The number of nitrogens with zero attached hydrogens (tertiary/aromatic N) is 1. The maximum Gasteiger partial charge on any atom is 0.260 e. The summed E-state index contributed by atoms with van der Waals surface area (Å²) < 4.78 is 0. The molecule has 0 saturated carbocycles. The molecule has 2 heterocycles. The number of hydrogen-bond acceptors (Lipinski definition) is 3. The van der Waals surface area contributed by atoms with Gasteiger partial charge in [0.1, 0.15) is 10.7 Å². The molecule has 0 atom stereocenters. The van der Waals surface area contributed by atoms with E-state index in [0.29, 0.717) is 22.7 Å². The van der Waals surface area contributed by atoms with Gasteiger partial charge < -0.3 is 4.98 Å². The van der Waals surface area contributed by atoms with Gasteiger partial charge in [0.25, 0.3) is 5.56 Å². The second-order valence-electron chi connectivity index (χ2n) is 7.97. The van der Waals surface area contributed by atoms with E-state index < -0.39 is 0 Å². The molecular formula is C23H21ClN2OS. The fourth-order valence-electron chi connectivity index (χ4n) is 3.24. The van der Waals surface area contributed by atoms with E-state index in [0.717, 1.165) is 21.5 Å². The van der Waals surface area contributed by atoms with E-state index in [9.17, 15) is 4.79 Å². The summed E-state index contributed by atoms with van der Waals surface area (Å²) in [6.07, 6.45) is 0.565. The molecule has 2 aromatic heterocycles. The number of H-pyrrole nitrogens is 1. The Bertz CT molecular complexity index is 1180. The van der Waals surface area contributed by atoms with Crippen LogP contribution in [0.3, 0.4) is 0 Å². The number of fused-ring (bicyclic) bond motifs is 1. The van der Waals surface area contributed by atoms with Crippen molar-refractivity contribution in [2.24, 2.45) is 0 Å². The predicted octanol–water partition coefficient (Wildman–Crippen LogP) is 6.19. The summed E-state index contributed by atoms with van der Waals surface area (Å²) in [5.74, 6) is 0.663. The van der Waals surface area contributed by atoms with Crippen LogP contribution in [0.15, 0.2) is 58.7 Å². The van der Waals surface area contributed by atoms with E-state index in [1.165, 1.54) is 16.9 Å². The van der Waals surface area contributed by atoms with Gasteiger partial charge in [0.05, 0.1) is 5.39 Å². The average Bonchev–Trinajstić information content (AvgIpc) is 3.07. The fraction of sp³-hybridized carbons (Fsp3) is 0.217. The van der Waals surface area contributed by atoms with Crippen LogP contribution in [0, 0.1) is 0 Å². The number of aromatic nitrogens is 2. The number of thiophene rings is 1. The summed E-state index contributed by atoms with van der Waals surface area (Å²) in [5, 5.41) is 3.37. The molecule has 0 aliphatic rings. The molecule has 28 heavy (non-hydrogen) atoms. The number of rotatable bonds is 3. The maximum atomic E-state index is 12.8. The van der Waals surface area contributed by atoms with Gasteiger partial charge in [-0.25, -0.2) is 4.98 Å². The maximum absolute atomic E-state index is 12.8. The second kappa shape index (κ2) is 7.19. The van der Waals surface area contributed by atoms with Gasteiger partial charge in [0.2, 0.25) is 0 Å². The van der Waals surface area contributed by atoms with Gasteiger partial charge in [-0.1, -0.05) is 68.8 Å². The third-order valence-corrected chi connectivity index (χ3v) is 5.96. The SMILES string of the molecule is CC(C)(C)c1ccc(-c2csc3nc(Cc4ccc(Cl)cc4)[nH]c(=O)c23)cc1. The molecule has 0 unspecified atom stereocenters. The predicted molar refractivity (Wildman–Crippen MR) is 119 cm³/mol. The topological polar surface area (TPSA) is 45.8 Å². The summed E-state index contributed by atoms with van der Waals surface area (Å²) in [4.78, 5) is 21.2. The van der Waals surface area contributed by atoms with Crippen molar-refractivity contribution in [2.75, 3.05) is 0 Å². The molecule has 0 amide bonds. The van der Waals surface area contributed by atoms with Crippen LogP contribution in [0.1, 0.15) is 37.7 Å². The lowest BCUT2D eigenvalue weighted by molar-refractivity contribution is 0.590. The van der Waals surface area contributed by atoms with Gasteiger partial charge in [-0.3, -0.25) is 4.79 Å². The van der Waals surface area contributed by atoms with Crippen molar-refractivity contribution in [3.05, 3.63) is 86.2 Å². The highest BCUT2D eigenvalue weighted by Crippen LogP contribution is 2.32. The number of hydrogen-bond donors (Lipinski definition) is 1. The monoisotopic (exact) mass is 408 g/mol. The number of nitrogens with one attached hydrogen (secondary N) is 1. The van der Waals surface area contributed by atoms with Gasteiger partial charge in [-0.15, -0.1) is 11.3 Å². The molecule has 5 heteroatoms. The number of benzene rings is 2. The van der Waals surface area contributed by atoms with E-state index in [-0.39, 0.29) is 11.0 Å². The normalized spacial score (nSPS) is 11.9. The first-order valence-corrected chi connectivity index (χ1v) is 10.4. The number of aromatic amines is 1. The third kappa shape index (κ3) is 3.75. The summed E-state index contributed by atoms with van der Waals surface area (Å²) in [5.41, 5.74) is 4.31. The van der Waals surface area contributed by atoms with Crippen molar-refractivity contribution < 1.29 is 0 Å². The molecule has 0 bridgehead atoms. The Balaban J connectivity index is 1.70. The summed E-state index contributed by atoms with van der Waals surface area (Å²) in [7, 11) is 0. The highest BCUT2D eigenvalue weighted by molar-refractivity contribution is 7.17. The van der Waals surface area contributed by atoms with Crippen molar-refractivity contribution in [3.63, 3.8) is 0 Å². The van der Waals surface area contributed by atoms with Crippen molar-refractivity contribution in [1.82, 2.24) is 9.97 Å². The Labute approximate surface area is 173 Å². The van der Waals surface area contributed by atoms with E-state index in [2.05, 4.69) is 55.0 Å². The highest BCUT2D eigenvalue weighted by atomic mass is 35.5. The lowest BCUT2D eigenvalue weighted by Crippen LogP contribution is -2.12.